The summed E-state index contributed by atoms with van der Waals surface area (Å²) in [5, 5.41) is 7.31. The fraction of sp³-hybridized carbons (Fsp3) is 0.222. The molecule has 24 heavy (non-hydrogen) atoms. The molecule has 1 N–H and O–H groups in total. The summed E-state index contributed by atoms with van der Waals surface area (Å²) in [6.07, 6.45) is 6.77. The van der Waals surface area contributed by atoms with E-state index in [-0.39, 0.29) is 5.91 Å². The Bertz CT molecular complexity index is 870. The van der Waals surface area contributed by atoms with Gasteiger partial charge in [-0.2, -0.15) is 5.10 Å². The normalized spacial score (nSPS) is 10.6. The number of carbonyl (C=O) groups excluding carboxylic acids is 1. The lowest BCUT2D eigenvalue weighted by Crippen LogP contribution is -2.23. The molecule has 0 saturated heterocycles. The average Bonchev–Trinajstić information content (AvgIpc) is 2.86. The molecule has 1 amide bonds. The van der Waals surface area contributed by atoms with Crippen LogP contribution in [0.2, 0.25) is 0 Å². The number of aromatic nitrogens is 4. The van der Waals surface area contributed by atoms with E-state index in [0.29, 0.717) is 12.1 Å². The van der Waals surface area contributed by atoms with E-state index in [1.165, 1.54) is 0 Å². The number of nitrogens with zero attached hydrogens (tertiary/aromatic N) is 4. The molecular formula is C18H19N5O. The fourth-order valence-electron chi connectivity index (χ4n) is 2.68. The van der Waals surface area contributed by atoms with Gasteiger partial charge in [-0.3, -0.25) is 19.4 Å². The Hall–Kier alpha value is -3.02. The Morgan fingerprint density at radius 1 is 1.21 bits per heavy atom. The summed E-state index contributed by atoms with van der Waals surface area (Å²) in [7, 11) is 1.91. The van der Waals surface area contributed by atoms with Crippen molar-refractivity contribution in [3.05, 3.63) is 65.5 Å². The number of carbonyl (C=O) groups is 1. The van der Waals surface area contributed by atoms with E-state index in [4.69, 9.17) is 0 Å². The van der Waals surface area contributed by atoms with Gasteiger partial charge in [-0.05, 0) is 31.5 Å². The molecule has 122 valence electrons. The summed E-state index contributed by atoms with van der Waals surface area (Å²) in [6, 6.07) is 5.62. The maximum absolute atomic E-state index is 12.4. The molecule has 0 aliphatic rings. The highest BCUT2D eigenvalue weighted by Crippen LogP contribution is 2.26. The minimum absolute atomic E-state index is 0.160. The predicted octanol–water partition coefficient (Wildman–Crippen LogP) is 2.42. The van der Waals surface area contributed by atoms with Gasteiger partial charge in [-0.25, -0.2) is 0 Å². The van der Waals surface area contributed by atoms with E-state index in [0.717, 1.165) is 28.1 Å². The van der Waals surface area contributed by atoms with Crippen LogP contribution in [0.25, 0.3) is 11.1 Å². The lowest BCUT2D eigenvalue weighted by atomic mass is 10.0. The first-order chi connectivity index (χ1) is 11.6. The molecule has 3 aromatic rings. The van der Waals surface area contributed by atoms with Crippen molar-refractivity contribution in [3.8, 4) is 11.1 Å². The molecule has 6 nitrogen and oxygen atoms in total. The van der Waals surface area contributed by atoms with Gasteiger partial charge in [0.2, 0.25) is 0 Å². The molecule has 0 aliphatic carbocycles. The molecule has 0 fully saturated rings. The first-order valence-electron chi connectivity index (χ1n) is 7.69. The Labute approximate surface area is 140 Å². The molecule has 0 aliphatic heterocycles. The lowest BCUT2D eigenvalue weighted by molar-refractivity contribution is 0.0950. The second kappa shape index (κ2) is 6.62. The van der Waals surface area contributed by atoms with Gasteiger partial charge in [0.15, 0.2) is 0 Å². The van der Waals surface area contributed by atoms with Gasteiger partial charge in [-0.1, -0.05) is 6.07 Å². The fourth-order valence-corrected chi connectivity index (χ4v) is 2.68. The summed E-state index contributed by atoms with van der Waals surface area (Å²) >= 11 is 0. The molecule has 0 radical (unpaired) electrons. The van der Waals surface area contributed by atoms with E-state index in [2.05, 4.69) is 20.4 Å². The maximum Gasteiger partial charge on any atom is 0.253 e. The van der Waals surface area contributed by atoms with Crippen molar-refractivity contribution in [2.75, 3.05) is 0 Å². The number of amides is 1. The van der Waals surface area contributed by atoms with Crippen molar-refractivity contribution in [2.45, 2.75) is 20.4 Å². The van der Waals surface area contributed by atoms with Crippen LogP contribution < -0.4 is 5.32 Å². The highest BCUT2D eigenvalue weighted by Gasteiger charge is 2.14. The summed E-state index contributed by atoms with van der Waals surface area (Å²) in [4.78, 5) is 20.6. The van der Waals surface area contributed by atoms with Crippen LogP contribution in [0.3, 0.4) is 0 Å². The molecule has 0 atom stereocenters. The van der Waals surface area contributed by atoms with E-state index < -0.39 is 0 Å². The molecule has 0 spiro atoms. The molecule has 0 bridgehead atoms. The Kier molecular flexibility index (Phi) is 4.37. The van der Waals surface area contributed by atoms with Crippen LogP contribution in [0.1, 0.15) is 27.3 Å². The molecule has 3 aromatic heterocycles. The molecule has 6 heteroatoms. The number of rotatable bonds is 4. The molecular weight excluding hydrogens is 302 g/mol. The van der Waals surface area contributed by atoms with Gasteiger partial charge in [0.05, 0.1) is 11.3 Å². The second-order valence-corrected chi connectivity index (χ2v) is 5.68. The first kappa shape index (κ1) is 15.9. The molecule has 0 unspecified atom stereocenters. The molecule has 0 saturated carbocycles. The summed E-state index contributed by atoms with van der Waals surface area (Å²) in [6.45, 7) is 4.39. The van der Waals surface area contributed by atoms with Gasteiger partial charge in [0.1, 0.15) is 0 Å². The van der Waals surface area contributed by atoms with Crippen LogP contribution in [0.15, 0.2) is 43.0 Å². The van der Waals surface area contributed by atoms with Crippen molar-refractivity contribution < 1.29 is 4.79 Å². The lowest BCUT2D eigenvalue weighted by Gasteiger charge is -2.07. The van der Waals surface area contributed by atoms with Crippen LogP contribution in [-0.2, 0) is 13.6 Å². The number of hydrogen-bond donors (Lipinski definition) is 1. The SMILES string of the molecule is Cc1nn(C)c(C)c1-c1cncc(C(=O)NCc2cccnc2)c1. The molecule has 3 heterocycles. The van der Waals surface area contributed by atoms with Crippen molar-refractivity contribution in [2.24, 2.45) is 7.05 Å². The third kappa shape index (κ3) is 3.17. The van der Waals surface area contributed by atoms with E-state index in [1.54, 1.807) is 24.8 Å². The van der Waals surface area contributed by atoms with Gasteiger partial charge in [0.25, 0.3) is 5.91 Å². The standard InChI is InChI=1S/C18H19N5O/c1-12-17(13(2)23(3)22-12)15-7-16(11-20-10-15)18(24)21-9-14-5-4-6-19-8-14/h4-8,10-11H,9H2,1-3H3,(H,21,24). The zero-order valence-electron chi connectivity index (χ0n) is 13.9. The second-order valence-electron chi connectivity index (χ2n) is 5.68. The predicted molar refractivity (Wildman–Crippen MR) is 91.3 cm³/mol. The van der Waals surface area contributed by atoms with Crippen LogP contribution in [0.5, 0.6) is 0 Å². The van der Waals surface area contributed by atoms with Crippen LogP contribution in [0.4, 0.5) is 0 Å². The van der Waals surface area contributed by atoms with Crippen LogP contribution >= 0.6 is 0 Å². The molecule has 3 rings (SSSR count). The van der Waals surface area contributed by atoms with Gasteiger partial charge < -0.3 is 5.32 Å². The van der Waals surface area contributed by atoms with Crippen LogP contribution in [-0.4, -0.2) is 25.7 Å². The van der Waals surface area contributed by atoms with Gasteiger partial charge in [-0.15, -0.1) is 0 Å². The minimum atomic E-state index is -0.160. The number of nitrogens with one attached hydrogen (secondary N) is 1. The van der Waals surface area contributed by atoms with Crippen molar-refractivity contribution in [1.29, 1.82) is 0 Å². The first-order valence-corrected chi connectivity index (χ1v) is 7.69. The quantitative estimate of drug-likeness (QED) is 0.801. The molecule has 0 aromatic carbocycles. The Balaban J connectivity index is 1.81. The third-order valence-electron chi connectivity index (χ3n) is 3.97. The average molecular weight is 321 g/mol. The number of aryl methyl sites for hydroxylation is 2. The monoisotopic (exact) mass is 321 g/mol. The van der Waals surface area contributed by atoms with E-state index in [1.807, 2.05) is 43.8 Å². The zero-order chi connectivity index (χ0) is 17.1. The largest absolute Gasteiger partial charge is 0.348 e. The highest BCUT2D eigenvalue weighted by atomic mass is 16.1. The number of hydrogen-bond acceptors (Lipinski definition) is 4. The summed E-state index contributed by atoms with van der Waals surface area (Å²) < 4.78 is 1.83. The van der Waals surface area contributed by atoms with Gasteiger partial charge in [0, 0.05) is 55.2 Å². The van der Waals surface area contributed by atoms with E-state index in [9.17, 15) is 4.79 Å². The number of pyridine rings is 2. The van der Waals surface area contributed by atoms with Crippen molar-refractivity contribution in [1.82, 2.24) is 25.1 Å². The Morgan fingerprint density at radius 3 is 2.71 bits per heavy atom. The van der Waals surface area contributed by atoms with Crippen LogP contribution in [0, 0.1) is 13.8 Å². The van der Waals surface area contributed by atoms with Crippen molar-refractivity contribution >= 4 is 5.91 Å². The summed E-state index contributed by atoms with van der Waals surface area (Å²) in [5.74, 6) is -0.160. The maximum atomic E-state index is 12.4. The highest BCUT2D eigenvalue weighted by molar-refractivity contribution is 5.95. The van der Waals surface area contributed by atoms with Gasteiger partial charge >= 0.3 is 0 Å². The topological polar surface area (TPSA) is 72.7 Å². The minimum Gasteiger partial charge on any atom is -0.348 e. The zero-order valence-corrected chi connectivity index (χ0v) is 13.9. The third-order valence-corrected chi connectivity index (χ3v) is 3.97. The van der Waals surface area contributed by atoms with Crippen molar-refractivity contribution in [3.63, 3.8) is 0 Å². The Morgan fingerprint density at radius 2 is 2.04 bits per heavy atom. The smallest absolute Gasteiger partial charge is 0.253 e. The summed E-state index contributed by atoms with van der Waals surface area (Å²) in [5.41, 5.74) is 5.36. The van der Waals surface area contributed by atoms with E-state index >= 15 is 0 Å².